The molecule has 5 nitrogen and oxygen atoms in total. The molecule has 0 saturated carbocycles. The highest BCUT2D eigenvalue weighted by molar-refractivity contribution is 8.01. The monoisotopic (exact) mass is 294 g/mol. The molecule has 3 N–H and O–H groups in total. The molecule has 1 unspecified atom stereocenters. The van der Waals surface area contributed by atoms with E-state index in [0.29, 0.717) is 18.7 Å². The van der Waals surface area contributed by atoms with E-state index in [0.717, 1.165) is 17.0 Å². The number of anilines is 2. The topological polar surface area (TPSA) is 83.6 Å². The minimum absolute atomic E-state index is 0.0557. The molecule has 0 bridgehead atoms. The van der Waals surface area contributed by atoms with Crippen LogP contribution in [0.3, 0.4) is 0 Å². The molecule has 0 radical (unpaired) electrons. The van der Waals surface area contributed by atoms with Gasteiger partial charge in [0.2, 0.25) is 5.91 Å². The van der Waals surface area contributed by atoms with Crippen molar-refractivity contribution in [3.8, 4) is 0 Å². The van der Waals surface area contributed by atoms with Gasteiger partial charge in [0, 0.05) is 23.5 Å². The zero-order valence-corrected chi connectivity index (χ0v) is 12.2. The molecule has 1 aliphatic heterocycles. The van der Waals surface area contributed by atoms with Gasteiger partial charge in [-0.2, -0.15) is 0 Å². The van der Waals surface area contributed by atoms with E-state index in [4.69, 9.17) is 10.8 Å². The normalized spacial score (nSPS) is 17.9. The summed E-state index contributed by atoms with van der Waals surface area (Å²) in [6.07, 6.45) is 1.26. The fourth-order valence-corrected chi connectivity index (χ4v) is 3.43. The molecule has 1 aromatic carbocycles. The quantitative estimate of drug-likeness (QED) is 0.814. The first-order chi connectivity index (χ1) is 9.52. The van der Waals surface area contributed by atoms with Crippen molar-refractivity contribution in [2.24, 2.45) is 0 Å². The average molecular weight is 294 g/mol. The highest BCUT2D eigenvalue weighted by Gasteiger charge is 2.32. The van der Waals surface area contributed by atoms with Crippen LogP contribution in [0, 0.1) is 0 Å². The van der Waals surface area contributed by atoms with Crippen molar-refractivity contribution in [1.29, 1.82) is 0 Å². The molecule has 0 saturated heterocycles. The van der Waals surface area contributed by atoms with E-state index < -0.39 is 5.97 Å². The number of thioether (sulfide) groups is 1. The Kier molecular flexibility index (Phi) is 4.54. The summed E-state index contributed by atoms with van der Waals surface area (Å²) in [7, 11) is 0. The summed E-state index contributed by atoms with van der Waals surface area (Å²) in [6.45, 7) is 2.40. The third-order valence-corrected chi connectivity index (χ3v) is 4.63. The van der Waals surface area contributed by atoms with Gasteiger partial charge < -0.3 is 15.7 Å². The van der Waals surface area contributed by atoms with Crippen LogP contribution in [0.5, 0.6) is 0 Å². The third kappa shape index (κ3) is 3.07. The molecule has 1 aromatic rings. The van der Waals surface area contributed by atoms with Gasteiger partial charge in [-0.3, -0.25) is 9.59 Å². The Bertz CT molecular complexity index is 533. The number of fused-ring (bicyclic) bond motifs is 1. The fourth-order valence-electron chi connectivity index (χ4n) is 2.22. The molecule has 0 fully saturated rings. The lowest BCUT2D eigenvalue weighted by atomic mass is 10.2. The molecule has 1 atom stereocenters. The predicted molar refractivity (Wildman–Crippen MR) is 80.0 cm³/mol. The van der Waals surface area contributed by atoms with Gasteiger partial charge >= 0.3 is 5.97 Å². The van der Waals surface area contributed by atoms with Gasteiger partial charge in [0.1, 0.15) is 0 Å². The van der Waals surface area contributed by atoms with E-state index in [9.17, 15) is 9.59 Å². The van der Waals surface area contributed by atoms with Crippen LogP contribution in [0.15, 0.2) is 23.1 Å². The Morgan fingerprint density at radius 1 is 1.50 bits per heavy atom. The maximum absolute atomic E-state index is 12.4. The van der Waals surface area contributed by atoms with E-state index in [1.807, 2.05) is 19.1 Å². The van der Waals surface area contributed by atoms with Crippen LogP contribution < -0.4 is 10.6 Å². The molecule has 1 aliphatic rings. The Morgan fingerprint density at radius 3 is 2.90 bits per heavy atom. The molecule has 2 rings (SSSR count). The lowest BCUT2D eigenvalue weighted by Gasteiger charge is -2.33. The van der Waals surface area contributed by atoms with E-state index >= 15 is 0 Å². The van der Waals surface area contributed by atoms with Crippen molar-refractivity contribution in [3.05, 3.63) is 18.2 Å². The minimum atomic E-state index is -0.839. The summed E-state index contributed by atoms with van der Waals surface area (Å²) in [4.78, 5) is 25.7. The van der Waals surface area contributed by atoms with Crippen LogP contribution in [-0.2, 0) is 9.59 Å². The smallest absolute Gasteiger partial charge is 0.303 e. The van der Waals surface area contributed by atoms with Gasteiger partial charge in [0.25, 0.3) is 0 Å². The first kappa shape index (κ1) is 14.7. The number of hydrogen-bond donors (Lipinski definition) is 2. The first-order valence-electron chi connectivity index (χ1n) is 6.62. The standard InChI is InChI=1S/C14H18N2O3S/c1-2-11-14(19)16(7-3-4-13(17)18)10-6-5-9(15)8-12(10)20-11/h5-6,8,11H,2-4,7,15H2,1H3,(H,17,18). The number of carbonyl (C=O) groups is 2. The lowest BCUT2D eigenvalue weighted by molar-refractivity contribution is -0.137. The SMILES string of the molecule is CCC1Sc2cc(N)ccc2N(CCCC(=O)O)C1=O. The molecule has 0 aromatic heterocycles. The summed E-state index contributed by atoms with van der Waals surface area (Å²) in [6, 6.07) is 5.48. The Balaban J connectivity index is 2.24. The number of carbonyl (C=O) groups excluding carboxylic acids is 1. The second-order valence-electron chi connectivity index (χ2n) is 4.73. The highest BCUT2D eigenvalue weighted by Crippen LogP contribution is 2.41. The summed E-state index contributed by atoms with van der Waals surface area (Å²) in [5.74, 6) is -0.784. The van der Waals surface area contributed by atoms with Gasteiger partial charge in [-0.1, -0.05) is 6.92 Å². The zero-order valence-electron chi connectivity index (χ0n) is 11.3. The van der Waals surface area contributed by atoms with E-state index in [-0.39, 0.29) is 17.6 Å². The van der Waals surface area contributed by atoms with Crippen molar-refractivity contribution in [1.82, 2.24) is 0 Å². The summed E-state index contributed by atoms with van der Waals surface area (Å²) >= 11 is 1.54. The number of nitrogens with zero attached hydrogens (tertiary/aromatic N) is 1. The van der Waals surface area contributed by atoms with Gasteiger partial charge in [-0.05, 0) is 31.0 Å². The number of benzene rings is 1. The number of nitrogens with two attached hydrogens (primary N) is 1. The van der Waals surface area contributed by atoms with Crippen LogP contribution >= 0.6 is 11.8 Å². The molecule has 6 heteroatoms. The van der Waals surface area contributed by atoms with Gasteiger partial charge in [0.15, 0.2) is 0 Å². The highest BCUT2D eigenvalue weighted by atomic mass is 32.2. The number of carboxylic acid groups (broad SMARTS) is 1. The Hall–Kier alpha value is -1.69. The Morgan fingerprint density at radius 2 is 2.25 bits per heavy atom. The zero-order chi connectivity index (χ0) is 14.7. The number of aliphatic carboxylic acids is 1. The molecule has 1 heterocycles. The van der Waals surface area contributed by atoms with Crippen molar-refractivity contribution in [2.45, 2.75) is 36.3 Å². The predicted octanol–water partition coefficient (Wildman–Crippen LogP) is 2.35. The summed E-state index contributed by atoms with van der Waals surface area (Å²) in [5.41, 5.74) is 7.30. The molecular formula is C14H18N2O3S. The Labute approximate surface area is 122 Å². The number of nitrogen functional groups attached to an aromatic ring is 1. The lowest BCUT2D eigenvalue weighted by Crippen LogP contribution is -2.41. The molecule has 20 heavy (non-hydrogen) atoms. The molecule has 0 spiro atoms. The van der Waals surface area contributed by atoms with Crippen LogP contribution in [0.1, 0.15) is 26.2 Å². The average Bonchev–Trinajstić information content (AvgIpc) is 2.40. The fraction of sp³-hybridized carbons (Fsp3) is 0.429. The van der Waals surface area contributed by atoms with Crippen molar-refractivity contribution < 1.29 is 14.7 Å². The largest absolute Gasteiger partial charge is 0.481 e. The number of carboxylic acids is 1. The van der Waals surface area contributed by atoms with Gasteiger partial charge in [-0.15, -0.1) is 11.8 Å². The number of amides is 1. The van der Waals surface area contributed by atoms with E-state index in [2.05, 4.69) is 0 Å². The minimum Gasteiger partial charge on any atom is -0.481 e. The van der Waals surface area contributed by atoms with E-state index in [1.54, 1.807) is 11.0 Å². The second kappa shape index (κ2) is 6.17. The van der Waals surface area contributed by atoms with Crippen LogP contribution in [-0.4, -0.2) is 28.8 Å². The number of hydrogen-bond acceptors (Lipinski definition) is 4. The third-order valence-electron chi connectivity index (χ3n) is 3.23. The van der Waals surface area contributed by atoms with Crippen molar-refractivity contribution in [2.75, 3.05) is 17.2 Å². The molecule has 108 valence electrons. The van der Waals surface area contributed by atoms with Crippen LogP contribution in [0.25, 0.3) is 0 Å². The van der Waals surface area contributed by atoms with Gasteiger partial charge in [0.05, 0.1) is 10.9 Å². The number of rotatable bonds is 5. The second-order valence-corrected chi connectivity index (χ2v) is 5.97. The first-order valence-corrected chi connectivity index (χ1v) is 7.50. The van der Waals surface area contributed by atoms with Gasteiger partial charge in [-0.25, -0.2) is 0 Å². The molecular weight excluding hydrogens is 276 g/mol. The van der Waals surface area contributed by atoms with Crippen molar-refractivity contribution in [3.63, 3.8) is 0 Å². The summed E-state index contributed by atoms with van der Waals surface area (Å²) in [5, 5.41) is 8.60. The molecule has 1 amide bonds. The summed E-state index contributed by atoms with van der Waals surface area (Å²) < 4.78 is 0. The molecule has 0 aliphatic carbocycles. The maximum Gasteiger partial charge on any atom is 0.303 e. The van der Waals surface area contributed by atoms with E-state index in [1.165, 1.54) is 11.8 Å². The maximum atomic E-state index is 12.4. The van der Waals surface area contributed by atoms with Crippen LogP contribution in [0.4, 0.5) is 11.4 Å². The van der Waals surface area contributed by atoms with Crippen LogP contribution in [0.2, 0.25) is 0 Å². The van der Waals surface area contributed by atoms with Crippen molar-refractivity contribution >= 4 is 35.0 Å².